The second kappa shape index (κ2) is 4.97. The first-order valence-corrected chi connectivity index (χ1v) is 5.02. The zero-order valence-corrected chi connectivity index (χ0v) is 8.96. The maximum Gasteiger partial charge on any atom is 0.0684 e. The van der Waals surface area contributed by atoms with E-state index in [1.165, 1.54) is 11.1 Å². The Balaban J connectivity index is 3.06. The summed E-state index contributed by atoms with van der Waals surface area (Å²) >= 11 is 0. The zero-order valence-electron chi connectivity index (χ0n) is 8.96. The van der Waals surface area contributed by atoms with E-state index < -0.39 is 0 Å². The third-order valence-corrected chi connectivity index (χ3v) is 2.43. The summed E-state index contributed by atoms with van der Waals surface area (Å²) in [6, 6.07) is 6.26. The van der Waals surface area contributed by atoms with E-state index in [4.69, 9.17) is 5.11 Å². The summed E-state index contributed by atoms with van der Waals surface area (Å²) in [5.74, 6) is 0.534. The lowest BCUT2D eigenvalue weighted by molar-refractivity contribution is 0.281. The smallest absolute Gasteiger partial charge is 0.0684 e. The highest BCUT2D eigenvalue weighted by Crippen LogP contribution is 2.19. The van der Waals surface area contributed by atoms with Crippen LogP contribution in [-0.2, 0) is 13.0 Å². The van der Waals surface area contributed by atoms with Crippen LogP contribution < -0.4 is 0 Å². The lowest BCUT2D eigenvalue weighted by Crippen LogP contribution is -1.96. The van der Waals surface area contributed by atoms with Crippen LogP contribution in [0.5, 0.6) is 0 Å². The van der Waals surface area contributed by atoms with Crippen LogP contribution in [-0.4, -0.2) is 5.11 Å². The van der Waals surface area contributed by atoms with Crippen molar-refractivity contribution < 1.29 is 5.11 Å². The molecule has 0 spiro atoms. The number of rotatable bonds is 4. The maximum absolute atomic E-state index is 9.14. The number of hydrogen-bond acceptors (Lipinski definition) is 1. The van der Waals surface area contributed by atoms with Crippen molar-refractivity contribution in [3.63, 3.8) is 0 Å². The van der Waals surface area contributed by atoms with Crippen molar-refractivity contribution in [2.45, 2.75) is 32.8 Å². The molecule has 0 aliphatic heterocycles. The minimum atomic E-state index is 0.113. The quantitative estimate of drug-likeness (QED) is 0.723. The topological polar surface area (TPSA) is 20.2 Å². The van der Waals surface area contributed by atoms with Gasteiger partial charge in [0.1, 0.15) is 0 Å². The van der Waals surface area contributed by atoms with Gasteiger partial charge in [-0.3, -0.25) is 0 Å². The van der Waals surface area contributed by atoms with Gasteiger partial charge in [-0.1, -0.05) is 38.1 Å². The summed E-state index contributed by atoms with van der Waals surface area (Å²) in [4.78, 5) is 0. The van der Waals surface area contributed by atoms with Crippen molar-refractivity contribution >= 4 is 0 Å². The fraction of sp³-hybridized carbons (Fsp3) is 0.385. The third-order valence-electron chi connectivity index (χ3n) is 2.43. The van der Waals surface area contributed by atoms with E-state index in [9.17, 15) is 0 Å². The Labute approximate surface area is 86.1 Å². The number of aliphatic hydroxyl groups excluding tert-OH is 1. The normalized spacial score (nSPS) is 10.6. The Kier molecular flexibility index (Phi) is 3.90. The number of aliphatic hydroxyl groups is 1. The van der Waals surface area contributed by atoms with Gasteiger partial charge >= 0.3 is 0 Å². The molecule has 1 heteroatoms. The summed E-state index contributed by atoms with van der Waals surface area (Å²) in [5, 5.41) is 9.14. The fourth-order valence-electron chi connectivity index (χ4n) is 1.50. The Bertz CT molecular complexity index is 313. The molecular formula is C13H18O. The van der Waals surface area contributed by atoms with Crippen LogP contribution in [0.25, 0.3) is 0 Å². The van der Waals surface area contributed by atoms with Crippen LogP contribution in [0.15, 0.2) is 30.9 Å². The first-order valence-electron chi connectivity index (χ1n) is 5.02. The lowest BCUT2D eigenvalue weighted by atomic mass is 9.96. The van der Waals surface area contributed by atoms with Gasteiger partial charge in [-0.25, -0.2) is 0 Å². The largest absolute Gasteiger partial charge is 0.392 e. The van der Waals surface area contributed by atoms with Crippen LogP contribution in [0.3, 0.4) is 0 Å². The molecule has 0 aliphatic rings. The van der Waals surface area contributed by atoms with Crippen molar-refractivity contribution in [1.29, 1.82) is 0 Å². The molecule has 0 heterocycles. The highest BCUT2D eigenvalue weighted by Gasteiger charge is 2.04. The molecule has 0 amide bonds. The van der Waals surface area contributed by atoms with E-state index in [2.05, 4.69) is 32.6 Å². The number of benzene rings is 1. The molecule has 1 aromatic rings. The second-order valence-corrected chi connectivity index (χ2v) is 3.83. The molecule has 14 heavy (non-hydrogen) atoms. The standard InChI is InChI=1S/C13H18O/c1-4-5-12-8-11(10(2)3)6-7-13(12)9-14/h4,6-8,10,14H,1,5,9H2,2-3H3. The van der Waals surface area contributed by atoms with E-state index >= 15 is 0 Å². The minimum Gasteiger partial charge on any atom is -0.392 e. The first-order chi connectivity index (χ1) is 6.69. The zero-order chi connectivity index (χ0) is 10.6. The van der Waals surface area contributed by atoms with Gasteiger partial charge in [0.25, 0.3) is 0 Å². The molecule has 1 N–H and O–H groups in total. The van der Waals surface area contributed by atoms with Crippen LogP contribution in [0.2, 0.25) is 0 Å². The Morgan fingerprint density at radius 2 is 2.07 bits per heavy atom. The monoisotopic (exact) mass is 190 g/mol. The van der Waals surface area contributed by atoms with Gasteiger partial charge in [-0.15, -0.1) is 6.58 Å². The predicted octanol–water partition coefficient (Wildman–Crippen LogP) is 3.03. The molecule has 0 saturated heterocycles. The first kappa shape index (κ1) is 11.0. The minimum absolute atomic E-state index is 0.113. The summed E-state index contributed by atoms with van der Waals surface area (Å²) in [6.45, 7) is 8.18. The molecule has 0 atom stereocenters. The predicted molar refractivity (Wildman–Crippen MR) is 60.4 cm³/mol. The third kappa shape index (κ3) is 2.46. The lowest BCUT2D eigenvalue weighted by Gasteiger charge is -2.10. The summed E-state index contributed by atoms with van der Waals surface area (Å²) in [7, 11) is 0. The van der Waals surface area contributed by atoms with Gasteiger partial charge in [-0.05, 0) is 29.0 Å². The highest BCUT2D eigenvalue weighted by molar-refractivity contribution is 5.34. The van der Waals surface area contributed by atoms with Crippen LogP contribution in [0.4, 0.5) is 0 Å². The van der Waals surface area contributed by atoms with Crippen molar-refractivity contribution in [3.05, 3.63) is 47.5 Å². The SMILES string of the molecule is C=CCc1cc(C(C)C)ccc1CO. The van der Waals surface area contributed by atoms with Crippen molar-refractivity contribution in [1.82, 2.24) is 0 Å². The molecule has 0 bridgehead atoms. The van der Waals surface area contributed by atoms with Gasteiger partial charge in [0.2, 0.25) is 0 Å². The summed E-state index contributed by atoms with van der Waals surface area (Å²) < 4.78 is 0. The van der Waals surface area contributed by atoms with E-state index in [0.29, 0.717) is 5.92 Å². The van der Waals surface area contributed by atoms with Gasteiger partial charge in [0.05, 0.1) is 6.61 Å². The molecular weight excluding hydrogens is 172 g/mol. The molecule has 0 fully saturated rings. The van der Waals surface area contributed by atoms with Gasteiger partial charge in [0, 0.05) is 0 Å². The molecule has 0 aromatic heterocycles. The molecule has 0 radical (unpaired) electrons. The fourth-order valence-corrected chi connectivity index (χ4v) is 1.50. The number of allylic oxidation sites excluding steroid dienone is 1. The molecule has 0 aliphatic carbocycles. The molecule has 0 unspecified atom stereocenters. The van der Waals surface area contributed by atoms with Crippen molar-refractivity contribution in [2.24, 2.45) is 0 Å². The van der Waals surface area contributed by atoms with Crippen LogP contribution in [0, 0.1) is 0 Å². The Hall–Kier alpha value is -1.08. The summed E-state index contributed by atoms with van der Waals surface area (Å²) in [5.41, 5.74) is 3.52. The van der Waals surface area contributed by atoms with Crippen molar-refractivity contribution in [2.75, 3.05) is 0 Å². The summed E-state index contributed by atoms with van der Waals surface area (Å²) in [6.07, 6.45) is 2.70. The van der Waals surface area contributed by atoms with Gasteiger partial charge in [0.15, 0.2) is 0 Å². The average Bonchev–Trinajstić information content (AvgIpc) is 2.18. The van der Waals surface area contributed by atoms with Gasteiger partial charge < -0.3 is 5.11 Å². The average molecular weight is 190 g/mol. The molecule has 1 nitrogen and oxygen atoms in total. The Morgan fingerprint density at radius 1 is 1.36 bits per heavy atom. The van der Waals surface area contributed by atoms with E-state index in [1.807, 2.05) is 12.1 Å². The van der Waals surface area contributed by atoms with Gasteiger partial charge in [-0.2, -0.15) is 0 Å². The van der Waals surface area contributed by atoms with E-state index in [1.54, 1.807) is 0 Å². The molecule has 0 saturated carbocycles. The molecule has 1 aromatic carbocycles. The van der Waals surface area contributed by atoms with Crippen LogP contribution in [0.1, 0.15) is 36.5 Å². The second-order valence-electron chi connectivity index (χ2n) is 3.83. The Morgan fingerprint density at radius 3 is 2.57 bits per heavy atom. The van der Waals surface area contributed by atoms with E-state index in [-0.39, 0.29) is 6.61 Å². The van der Waals surface area contributed by atoms with Crippen molar-refractivity contribution in [3.8, 4) is 0 Å². The number of hydrogen-bond donors (Lipinski definition) is 1. The molecule has 1 rings (SSSR count). The highest BCUT2D eigenvalue weighted by atomic mass is 16.3. The van der Waals surface area contributed by atoms with Crippen LogP contribution >= 0.6 is 0 Å². The molecule has 76 valence electrons. The van der Waals surface area contributed by atoms with E-state index in [0.717, 1.165) is 12.0 Å². The maximum atomic E-state index is 9.14.